The van der Waals surface area contributed by atoms with Crippen LogP contribution in [0.3, 0.4) is 0 Å². The van der Waals surface area contributed by atoms with E-state index >= 15 is 0 Å². The van der Waals surface area contributed by atoms with E-state index in [9.17, 15) is 0 Å². The zero-order valence-electron chi connectivity index (χ0n) is 22.5. The Kier molecular flexibility index (Phi) is 8.83. The maximum Gasteiger partial charge on any atom is 0.0652 e. The summed E-state index contributed by atoms with van der Waals surface area (Å²) >= 11 is 0. The van der Waals surface area contributed by atoms with E-state index < -0.39 is 0 Å². The first-order valence-corrected chi connectivity index (χ1v) is 13.6. The highest BCUT2D eigenvalue weighted by Gasteiger charge is 2.11. The van der Waals surface area contributed by atoms with Gasteiger partial charge in [-0.15, -0.1) is 0 Å². The normalized spacial score (nSPS) is 11.0. The summed E-state index contributed by atoms with van der Waals surface area (Å²) in [6.45, 7) is 4.12. The van der Waals surface area contributed by atoms with Gasteiger partial charge < -0.3 is 4.90 Å². The van der Waals surface area contributed by atoms with Gasteiger partial charge in [-0.25, -0.2) is 5.01 Å². The van der Waals surface area contributed by atoms with Crippen LogP contribution in [0, 0.1) is 6.92 Å². The van der Waals surface area contributed by atoms with Gasteiger partial charge in [0.15, 0.2) is 0 Å². The highest BCUT2D eigenvalue weighted by atomic mass is 15.5. The molecule has 0 atom stereocenters. The molecule has 0 aliphatic rings. The van der Waals surface area contributed by atoms with Gasteiger partial charge in [0.25, 0.3) is 0 Å². The SMILES string of the molecule is Cc1cc(N(CCc2ccccc2)CCc2ccccc2)ccc1C=NN(c1ccccc1)c1ccccc1. The molecule has 3 nitrogen and oxygen atoms in total. The molecule has 39 heavy (non-hydrogen) atoms. The lowest BCUT2D eigenvalue weighted by molar-refractivity contribution is 0.768. The van der Waals surface area contributed by atoms with Gasteiger partial charge in [0.2, 0.25) is 0 Å². The average molecular weight is 510 g/mol. The minimum atomic E-state index is 0.972. The summed E-state index contributed by atoms with van der Waals surface area (Å²) in [7, 11) is 0. The smallest absolute Gasteiger partial charge is 0.0652 e. The van der Waals surface area contributed by atoms with E-state index in [1.54, 1.807) is 0 Å². The molecule has 0 aliphatic heterocycles. The van der Waals surface area contributed by atoms with Crippen LogP contribution in [-0.4, -0.2) is 19.3 Å². The van der Waals surface area contributed by atoms with Crippen LogP contribution in [0.2, 0.25) is 0 Å². The molecular formula is C36H35N3. The Morgan fingerprint density at radius 2 is 1.00 bits per heavy atom. The summed E-state index contributed by atoms with van der Waals surface area (Å²) in [5.74, 6) is 0. The Hall–Kier alpha value is -4.63. The van der Waals surface area contributed by atoms with E-state index in [1.807, 2.05) is 47.6 Å². The fourth-order valence-electron chi connectivity index (χ4n) is 4.73. The third-order valence-corrected chi connectivity index (χ3v) is 6.96. The van der Waals surface area contributed by atoms with E-state index in [0.29, 0.717) is 0 Å². The molecule has 0 aromatic heterocycles. The second-order valence-electron chi connectivity index (χ2n) is 9.73. The Morgan fingerprint density at radius 1 is 0.538 bits per heavy atom. The third-order valence-electron chi connectivity index (χ3n) is 6.96. The Morgan fingerprint density at radius 3 is 1.46 bits per heavy atom. The molecule has 3 heteroatoms. The van der Waals surface area contributed by atoms with E-state index in [4.69, 9.17) is 5.10 Å². The molecule has 0 amide bonds. The van der Waals surface area contributed by atoms with Crippen LogP contribution in [0.25, 0.3) is 0 Å². The Balaban J connectivity index is 1.37. The molecule has 0 aliphatic carbocycles. The van der Waals surface area contributed by atoms with Gasteiger partial charge in [-0.3, -0.25) is 0 Å². The van der Waals surface area contributed by atoms with Gasteiger partial charge in [-0.2, -0.15) is 5.10 Å². The van der Waals surface area contributed by atoms with Crippen molar-refractivity contribution < 1.29 is 0 Å². The predicted molar refractivity (Wildman–Crippen MR) is 166 cm³/mol. The summed E-state index contributed by atoms with van der Waals surface area (Å²) in [5.41, 5.74) is 8.36. The molecule has 0 unspecified atom stereocenters. The third kappa shape index (κ3) is 7.24. The van der Waals surface area contributed by atoms with Crippen LogP contribution in [0.4, 0.5) is 17.1 Å². The summed E-state index contributed by atoms with van der Waals surface area (Å²) in [6, 6.07) is 48.8. The molecule has 5 aromatic carbocycles. The second kappa shape index (κ2) is 13.3. The van der Waals surface area contributed by atoms with Gasteiger partial charge in [-0.05, 0) is 78.4 Å². The molecule has 0 spiro atoms. The van der Waals surface area contributed by atoms with Crippen molar-refractivity contribution in [3.63, 3.8) is 0 Å². The highest BCUT2D eigenvalue weighted by molar-refractivity contribution is 5.84. The number of para-hydroxylation sites is 2. The van der Waals surface area contributed by atoms with Crippen molar-refractivity contribution in [2.45, 2.75) is 19.8 Å². The zero-order valence-corrected chi connectivity index (χ0v) is 22.5. The van der Waals surface area contributed by atoms with Crippen LogP contribution in [0.5, 0.6) is 0 Å². The standard InChI is InChI=1S/C36H35N3/c1-30-28-36(38(26-24-31-14-6-2-7-15-31)27-25-32-16-8-3-9-17-32)23-22-33(30)29-37-39(34-18-10-4-11-19-34)35-20-12-5-13-21-35/h2-23,28-29H,24-27H2,1H3. The van der Waals surface area contributed by atoms with Crippen molar-refractivity contribution in [3.8, 4) is 0 Å². The number of hydrogen-bond donors (Lipinski definition) is 0. The molecule has 0 saturated heterocycles. The van der Waals surface area contributed by atoms with E-state index in [2.05, 4.69) is 115 Å². The largest absolute Gasteiger partial charge is 0.371 e. The lowest BCUT2D eigenvalue weighted by atomic mass is 10.1. The molecule has 0 radical (unpaired) electrons. The second-order valence-corrected chi connectivity index (χ2v) is 9.73. The topological polar surface area (TPSA) is 18.8 Å². The molecule has 0 N–H and O–H groups in total. The lowest BCUT2D eigenvalue weighted by Gasteiger charge is -2.26. The Labute approximate surface area is 232 Å². The molecule has 0 fully saturated rings. The average Bonchev–Trinajstić information content (AvgIpc) is 3.00. The van der Waals surface area contributed by atoms with E-state index in [-0.39, 0.29) is 0 Å². The number of anilines is 3. The maximum atomic E-state index is 4.92. The molecule has 5 aromatic rings. The van der Waals surface area contributed by atoms with Gasteiger partial charge in [0, 0.05) is 18.8 Å². The molecule has 0 saturated carbocycles. The quantitative estimate of drug-likeness (QED) is 0.131. The minimum absolute atomic E-state index is 0.972. The first-order valence-electron chi connectivity index (χ1n) is 13.6. The molecular weight excluding hydrogens is 474 g/mol. The highest BCUT2D eigenvalue weighted by Crippen LogP contribution is 2.26. The molecule has 194 valence electrons. The fraction of sp³-hybridized carbons (Fsp3) is 0.139. The van der Waals surface area contributed by atoms with Crippen molar-refractivity contribution in [2.75, 3.05) is 23.0 Å². The number of rotatable bonds is 11. The number of benzene rings is 5. The van der Waals surface area contributed by atoms with E-state index in [1.165, 1.54) is 22.4 Å². The Bertz CT molecular complexity index is 1370. The van der Waals surface area contributed by atoms with Crippen LogP contribution >= 0.6 is 0 Å². The van der Waals surface area contributed by atoms with Crippen molar-refractivity contribution >= 4 is 23.3 Å². The number of aryl methyl sites for hydroxylation is 1. The fourth-order valence-corrected chi connectivity index (χ4v) is 4.73. The van der Waals surface area contributed by atoms with Crippen LogP contribution in [-0.2, 0) is 12.8 Å². The zero-order chi connectivity index (χ0) is 26.7. The first kappa shape index (κ1) is 26.0. The first-order chi connectivity index (χ1) is 19.3. The van der Waals surface area contributed by atoms with Crippen molar-refractivity contribution in [1.29, 1.82) is 0 Å². The molecule has 0 bridgehead atoms. The van der Waals surface area contributed by atoms with Crippen LogP contribution in [0.1, 0.15) is 22.3 Å². The number of hydrogen-bond acceptors (Lipinski definition) is 3. The molecule has 0 heterocycles. The summed E-state index contributed by atoms with van der Waals surface area (Å²) in [5, 5.41) is 6.90. The minimum Gasteiger partial charge on any atom is -0.371 e. The molecule has 5 rings (SSSR count). The van der Waals surface area contributed by atoms with Crippen LogP contribution in [0.15, 0.2) is 145 Å². The summed E-state index contributed by atoms with van der Waals surface area (Å²) < 4.78 is 0. The summed E-state index contributed by atoms with van der Waals surface area (Å²) in [6.07, 6.45) is 4.00. The monoisotopic (exact) mass is 509 g/mol. The van der Waals surface area contributed by atoms with Gasteiger partial charge in [-0.1, -0.05) is 103 Å². The van der Waals surface area contributed by atoms with Gasteiger partial charge in [0.05, 0.1) is 17.6 Å². The maximum absolute atomic E-state index is 4.92. The van der Waals surface area contributed by atoms with Gasteiger partial charge in [0.1, 0.15) is 0 Å². The predicted octanol–water partition coefficient (Wildman–Crippen LogP) is 8.46. The van der Waals surface area contributed by atoms with Gasteiger partial charge >= 0.3 is 0 Å². The number of hydrazone groups is 1. The van der Waals surface area contributed by atoms with E-state index in [0.717, 1.165) is 42.9 Å². The lowest BCUT2D eigenvalue weighted by Crippen LogP contribution is -2.28. The number of nitrogens with zero attached hydrogens (tertiary/aromatic N) is 3. The van der Waals surface area contributed by atoms with Crippen molar-refractivity contribution in [3.05, 3.63) is 162 Å². The van der Waals surface area contributed by atoms with Crippen molar-refractivity contribution in [1.82, 2.24) is 0 Å². The summed E-state index contributed by atoms with van der Waals surface area (Å²) in [4.78, 5) is 2.51. The van der Waals surface area contributed by atoms with Crippen molar-refractivity contribution in [2.24, 2.45) is 5.10 Å². The van der Waals surface area contributed by atoms with Crippen LogP contribution < -0.4 is 9.91 Å².